The first-order valence-electron chi connectivity index (χ1n) is 3.88. The minimum Gasteiger partial charge on any atom is -0.624 e. The molecule has 0 unspecified atom stereocenters. The molecule has 0 saturated carbocycles. The van der Waals surface area contributed by atoms with Crippen molar-refractivity contribution in [3.8, 4) is 0 Å². The third-order valence-corrected chi connectivity index (χ3v) is 1.47. The molecule has 5 heteroatoms. The van der Waals surface area contributed by atoms with E-state index < -0.39 is 6.18 Å². The molecule has 0 spiro atoms. The lowest BCUT2D eigenvalue weighted by atomic mass is 10.2. The van der Waals surface area contributed by atoms with E-state index in [1.165, 1.54) is 0 Å². The summed E-state index contributed by atoms with van der Waals surface area (Å²) in [4.78, 5) is 0. The normalized spacial score (nSPS) is 12.9. The van der Waals surface area contributed by atoms with E-state index in [-0.39, 0.29) is 17.5 Å². The first-order chi connectivity index (χ1) is 6.47. The van der Waals surface area contributed by atoms with Crippen molar-refractivity contribution in [1.29, 1.82) is 0 Å². The monoisotopic (exact) mass is 203 g/mol. The third kappa shape index (κ3) is 3.93. The molecule has 0 N–H and O–H groups in total. The highest BCUT2D eigenvalue weighted by molar-refractivity contribution is 5.58. The van der Waals surface area contributed by atoms with E-state index in [1.807, 2.05) is 0 Å². The number of hydrogen-bond donors (Lipinski definition) is 0. The largest absolute Gasteiger partial charge is 0.624 e. The molecule has 0 bridgehead atoms. The first kappa shape index (κ1) is 10.6. The number of hydroxylamine groups is 1. The average molecular weight is 203 g/mol. The van der Waals surface area contributed by atoms with E-state index in [0.717, 1.165) is 0 Å². The maximum atomic E-state index is 11.7. The van der Waals surface area contributed by atoms with Gasteiger partial charge in [0.25, 0.3) is 6.21 Å². The Morgan fingerprint density at radius 1 is 1.21 bits per heavy atom. The minimum atomic E-state index is -4.56. The van der Waals surface area contributed by atoms with Crippen molar-refractivity contribution in [3.05, 3.63) is 41.1 Å². The van der Waals surface area contributed by atoms with Gasteiger partial charge in [0.05, 0.1) is 0 Å². The van der Waals surface area contributed by atoms with Crippen molar-refractivity contribution >= 4 is 6.21 Å². The standard InChI is InChI=1S/C9H8F3NO/c10-9(11,12)7-13(14)6-8-4-2-1-3-5-8/h1-5,7H,6H2. The zero-order valence-corrected chi connectivity index (χ0v) is 7.16. The van der Waals surface area contributed by atoms with Gasteiger partial charge < -0.3 is 5.21 Å². The molecule has 0 radical (unpaired) electrons. The molecular formula is C9H8F3NO. The van der Waals surface area contributed by atoms with Crippen molar-refractivity contribution in [3.63, 3.8) is 0 Å². The third-order valence-electron chi connectivity index (χ3n) is 1.47. The second-order valence-corrected chi connectivity index (χ2v) is 2.73. The molecule has 1 aromatic carbocycles. The van der Waals surface area contributed by atoms with Crippen LogP contribution >= 0.6 is 0 Å². The molecule has 0 aromatic heterocycles. The van der Waals surface area contributed by atoms with Crippen molar-refractivity contribution in [2.24, 2.45) is 0 Å². The number of rotatable bonds is 2. The molecule has 1 aromatic rings. The Morgan fingerprint density at radius 2 is 1.79 bits per heavy atom. The Bertz CT molecular complexity index is 319. The quantitative estimate of drug-likeness (QED) is 0.313. The van der Waals surface area contributed by atoms with Crippen LogP contribution in [0.4, 0.5) is 13.2 Å². The number of nitrogens with zero attached hydrogens (tertiary/aromatic N) is 1. The topological polar surface area (TPSA) is 26.1 Å². The summed E-state index contributed by atoms with van der Waals surface area (Å²) in [6.07, 6.45) is -4.85. The van der Waals surface area contributed by atoms with E-state index >= 15 is 0 Å². The zero-order valence-electron chi connectivity index (χ0n) is 7.16. The molecule has 1 rings (SSSR count). The van der Waals surface area contributed by atoms with E-state index in [4.69, 9.17) is 0 Å². The molecule has 0 aliphatic rings. The van der Waals surface area contributed by atoms with Crippen LogP contribution in [0.1, 0.15) is 5.56 Å². The molecule has 0 fully saturated rings. The molecule has 0 amide bonds. The van der Waals surface area contributed by atoms with Gasteiger partial charge in [-0.25, -0.2) is 4.74 Å². The van der Waals surface area contributed by atoms with Crippen LogP contribution in [0.5, 0.6) is 0 Å². The molecule has 2 nitrogen and oxygen atoms in total. The van der Waals surface area contributed by atoms with Gasteiger partial charge in [-0.1, -0.05) is 30.3 Å². The Balaban J connectivity index is 2.67. The zero-order chi connectivity index (χ0) is 10.6. The van der Waals surface area contributed by atoms with E-state index in [9.17, 15) is 18.4 Å². The van der Waals surface area contributed by atoms with Gasteiger partial charge in [0, 0.05) is 5.56 Å². The van der Waals surface area contributed by atoms with Crippen LogP contribution in [0.15, 0.2) is 30.3 Å². The van der Waals surface area contributed by atoms with E-state index in [2.05, 4.69) is 0 Å². The van der Waals surface area contributed by atoms with Crippen LogP contribution in [-0.2, 0) is 6.54 Å². The molecule has 0 aliphatic heterocycles. The summed E-state index contributed by atoms with van der Waals surface area (Å²) in [7, 11) is 0. The summed E-state index contributed by atoms with van der Waals surface area (Å²) < 4.78 is 35.0. The van der Waals surface area contributed by atoms with Crippen molar-refractivity contribution in [1.82, 2.24) is 0 Å². The predicted molar refractivity (Wildman–Crippen MR) is 45.9 cm³/mol. The van der Waals surface area contributed by atoms with Gasteiger partial charge in [-0.15, -0.1) is 0 Å². The Kier molecular flexibility index (Phi) is 3.11. The van der Waals surface area contributed by atoms with Crippen LogP contribution < -0.4 is 0 Å². The highest BCUT2D eigenvalue weighted by Crippen LogP contribution is 2.11. The van der Waals surface area contributed by atoms with E-state index in [0.29, 0.717) is 5.56 Å². The fraction of sp³-hybridized carbons (Fsp3) is 0.222. The highest BCUT2D eigenvalue weighted by Gasteiger charge is 2.29. The number of halogens is 3. The second kappa shape index (κ2) is 4.13. The molecule has 0 aliphatic carbocycles. The summed E-state index contributed by atoms with van der Waals surface area (Å²) in [6, 6.07) is 8.24. The lowest BCUT2D eigenvalue weighted by Gasteiger charge is -2.04. The summed E-state index contributed by atoms with van der Waals surface area (Å²) in [6.45, 7) is -0.291. The van der Waals surface area contributed by atoms with Gasteiger partial charge in [0.2, 0.25) is 0 Å². The van der Waals surface area contributed by atoms with Gasteiger partial charge in [0.15, 0.2) is 6.54 Å². The SMILES string of the molecule is [O-][N+](=CC(F)(F)F)Cc1ccccc1. The number of benzene rings is 1. The van der Waals surface area contributed by atoms with Crippen LogP contribution in [0, 0.1) is 5.21 Å². The average Bonchev–Trinajstić information content (AvgIpc) is 2.02. The molecular weight excluding hydrogens is 195 g/mol. The predicted octanol–water partition coefficient (Wildman–Crippen LogP) is 2.33. The van der Waals surface area contributed by atoms with Gasteiger partial charge in [-0.05, 0) is 0 Å². The van der Waals surface area contributed by atoms with Gasteiger partial charge in [-0.3, -0.25) is 0 Å². The van der Waals surface area contributed by atoms with Crippen LogP contribution in [0.3, 0.4) is 0 Å². The Labute approximate surface area is 78.9 Å². The molecule has 76 valence electrons. The summed E-state index contributed by atoms with van der Waals surface area (Å²) in [5, 5.41) is 10.8. The van der Waals surface area contributed by atoms with Crippen molar-refractivity contribution in [2.45, 2.75) is 12.7 Å². The Hall–Kier alpha value is -1.52. The maximum absolute atomic E-state index is 11.7. The smallest absolute Gasteiger partial charge is 0.470 e. The highest BCUT2D eigenvalue weighted by atomic mass is 19.4. The van der Waals surface area contributed by atoms with Gasteiger partial charge >= 0.3 is 6.18 Å². The molecule has 0 heterocycles. The van der Waals surface area contributed by atoms with E-state index in [1.54, 1.807) is 30.3 Å². The fourth-order valence-electron chi connectivity index (χ4n) is 0.972. The maximum Gasteiger partial charge on any atom is 0.470 e. The van der Waals surface area contributed by atoms with Gasteiger partial charge in [0.1, 0.15) is 0 Å². The summed E-state index contributed by atoms with van der Waals surface area (Å²) >= 11 is 0. The minimum absolute atomic E-state index is 0.130. The second-order valence-electron chi connectivity index (χ2n) is 2.73. The number of alkyl halides is 3. The van der Waals surface area contributed by atoms with Crippen LogP contribution in [-0.4, -0.2) is 17.1 Å². The molecule has 0 saturated heterocycles. The van der Waals surface area contributed by atoms with Crippen molar-refractivity contribution < 1.29 is 17.9 Å². The number of hydrogen-bond acceptors (Lipinski definition) is 1. The lowest BCUT2D eigenvalue weighted by molar-refractivity contribution is -0.477. The molecule has 14 heavy (non-hydrogen) atoms. The fourth-order valence-corrected chi connectivity index (χ4v) is 0.972. The van der Waals surface area contributed by atoms with Crippen molar-refractivity contribution in [2.75, 3.05) is 0 Å². The molecule has 0 atom stereocenters. The van der Waals surface area contributed by atoms with Gasteiger partial charge in [-0.2, -0.15) is 13.2 Å². The summed E-state index contributed by atoms with van der Waals surface area (Å²) in [5.74, 6) is 0. The lowest BCUT2D eigenvalue weighted by Crippen LogP contribution is -2.18. The Morgan fingerprint density at radius 3 is 2.29 bits per heavy atom. The van der Waals surface area contributed by atoms with Crippen LogP contribution in [0.2, 0.25) is 0 Å². The summed E-state index contributed by atoms with van der Waals surface area (Å²) in [5.41, 5.74) is 0.544. The first-order valence-corrected chi connectivity index (χ1v) is 3.88. The van der Waals surface area contributed by atoms with Crippen LogP contribution in [0.25, 0.3) is 0 Å².